The standard InChI is InChI=1S/C55H36N2/c1-4-19-38(20-5-1)51-36-52(45-30-16-21-37-18-10-11-26-41(37)45)57-54(56-51)47-35-34-44(42-27-12-13-28-43(42)47)46-31-17-33-50-53(46)48-29-14-15-32-49(48)55(50,39-22-6-2-7-23-39)40-24-8-3-9-25-40/h1-36H. The molecule has 0 unspecified atom stereocenters. The molecule has 0 N–H and O–H groups in total. The second-order valence-electron chi connectivity index (χ2n) is 14.8. The summed E-state index contributed by atoms with van der Waals surface area (Å²) in [6.45, 7) is 0. The lowest BCUT2D eigenvalue weighted by Gasteiger charge is -2.34. The van der Waals surface area contributed by atoms with Crippen LogP contribution in [0.4, 0.5) is 0 Å². The molecular formula is C55H36N2. The van der Waals surface area contributed by atoms with Crippen molar-refractivity contribution in [1.82, 2.24) is 9.97 Å². The first-order chi connectivity index (χ1) is 28.3. The molecule has 266 valence electrons. The van der Waals surface area contributed by atoms with E-state index in [0.717, 1.165) is 33.5 Å². The lowest BCUT2D eigenvalue weighted by molar-refractivity contribution is 0.768. The Morgan fingerprint density at radius 1 is 0.316 bits per heavy atom. The normalized spacial score (nSPS) is 12.7. The van der Waals surface area contributed by atoms with Crippen molar-refractivity contribution in [2.75, 3.05) is 0 Å². The predicted molar refractivity (Wildman–Crippen MR) is 236 cm³/mol. The second kappa shape index (κ2) is 13.4. The third-order valence-electron chi connectivity index (χ3n) is 11.8. The fourth-order valence-corrected chi connectivity index (χ4v) is 9.36. The SMILES string of the molecule is c1ccc(-c2cc(-c3cccc4ccccc34)nc(-c3ccc(-c4cccc5c4-c4ccccc4C5(c4ccccc4)c4ccccc4)c4ccccc34)n2)cc1. The fourth-order valence-electron chi connectivity index (χ4n) is 9.36. The molecule has 9 aromatic carbocycles. The van der Waals surface area contributed by atoms with Crippen LogP contribution in [0, 0.1) is 0 Å². The van der Waals surface area contributed by atoms with Crippen LogP contribution in [-0.2, 0) is 5.41 Å². The molecule has 0 spiro atoms. The van der Waals surface area contributed by atoms with Crippen molar-refractivity contribution < 1.29 is 0 Å². The third kappa shape index (κ3) is 5.18. The topological polar surface area (TPSA) is 25.8 Å². The molecular weight excluding hydrogens is 689 g/mol. The number of benzene rings is 9. The summed E-state index contributed by atoms with van der Waals surface area (Å²) in [5.74, 6) is 0.706. The Balaban J connectivity index is 1.15. The molecule has 0 atom stereocenters. The van der Waals surface area contributed by atoms with Gasteiger partial charge in [0.1, 0.15) is 0 Å². The van der Waals surface area contributed by atoms with E-state index in [2.05, 4.69) is 212 Å². The fraction of sp³-hybridized carbons (Fsp3) is 0.0182. The van der Waals surface area contributed by atoms with Gasteiger partial charge in [0.25, 0.3) is 0 Å². The van der Waals surface area contributed by atoms with E-state index in [9.17, 15) is 0 Å². The van der Waals surface area contributed by atoms with Crippen LogP contribution >= 0.6 is 0 Å². The van der Waals surface area contributed by atoms with E-state index in [1.165, 1.54) is 60.7 Å². The molecule has 0 saturated heterocycles. The lowest BCUT2D eigenvalue weighted by Crippen LogP contribution is -2.28. The average molecular weight is 725 g/mol. The van der Waals surface area contributed by atoms with Gasteiger partial charge < -0.3 is 0 Å². The molecule has 0 aliphatic heterocycles. The summed E-state index contributed by atoms with van der Waals surface area (Å²) >= 11 is 0. The highest BCUT2D eigenvalue weighted by Gasteiger charge is 2.46. The quantitative estimate of drug-likeness (QED) is 0.171. The molecule has 0 amide bonds. The Labute approximate surface area is 332 Å². The minimum absolute atomic E-state index is 0.468. The van der Waals surface area contributed by atoms with Gasteiger partial charge in [-0.1, -0.05) is 206 Å². The largest absolute Gasteiger partial charge is 0.228 e. The Kier molecular flexibility index (Phi) is 7.75. The van der Waals surface area contributed by atoms with Crippen molar-refractivity contribution in [3.05, 3.63) is 241 Å². The Morgan fingerprint density at radius 3 is 1.58 bits per heavy atom. The van der Waals surface area contributed by atoms with Crippen LogP contribution in [0.15, 0.2) is 218 Å². The number of rotatable bonds is 6. The first kappa shape index (κ1) is 33.0. The second-order valence-corrected chi connectivity index (χ2v) is 14.8. The van der Waals surface area contributed by atoms with Crippen molar-refractivity contribution in [1.29, 1.82) is 0 Å². The summed E-state index contributed by atoms with van der Waals surface area (Å²) in [6.07, 6.45) is 0. The van der Waals surface area contributed by atoms with Gasteiger partial charge in [-0.2, -0.15) is 0 Å². The Morgan fingerprint density at radius 2 is 0.825 bits per heavy atom. The number of aromatic nitrogens is 2. The van der Waals surface area contributed by atoms with Gasteiger partial charge in [0.15, 0.2) is 5.82 Å². The average Bonchev–Trinajstić information content (AvgIpc) is 3.60. The van der Waals surface area contributed by atoms with E-state index in [4.69, 9.17) is 9.97 Å². The van der Waals surface area contributed by atoms with Gasteiger partial charge in [-0.25, -0.2) is 9.97 Å². The molecule has 1 aromatic heterocycles. The van der Waals surface area contributed by atoms with E-state index in [0.29, 0.717) is 5.82 Å². The van der Waals surface area contributed by atoms with Crippen molar-refractivity contribution in [3.63, 3.8) is 0 Å². The summed E-state index contributed by atoms with van der Waals surface area (Å²) in [7, 11) is 0. The van der Waals surface area contributed by atoms with E-state index in [1.807, 2.05) is 6.07 Å². The van der Waals surface area contributed by atoms with Gasteiger partial charge in [-0.15, -0.1) is 0 Å². The van der Waals surface area contributed by atoms with Crippen LogP contribution in [0.1, 0.15) is 22.3 Å². The number of fused-ring (bicyclic) bond motifs is 5. The van der Waals surface area contributed by atoms with E-state index < -0.39 is 5.41 Å². The summed E-state index contributed by atoms with van der Waals surface area (Å²) in [5, 5.41) is 4.64. The van der Waals surface area contributed by atoms with Gasteiger partial charge in [-0.3, -0.25) is 0 Å². The maximum atomic E-state index is 5.36. The zero-order chi connectivity index (χ0) is 37.8. The molecule has 1 aliphatic carbocycles. The van der Waals surface area contributed by atoms with Crippen LogP contribution in [0.3, 0.4) is 0 Å². The van der Waals surface area contributed by atoms with Crippen LogP contribution in [0.2, 0.25) is 0 Å². The molecule has 1 heterocycles. The minimum atomic E-state index is -0.468. The van der Waals surface area contributed by atoms with Crippen molar-refractivity contribution in [2.45, 2.75) is 5.41 Å². The maximum Gasteiger partial charge on any atom is 0.161 e. The molecule has 0 radical (unpaired) electrons. The zero-order valence-electron chi connectivity index (χ0n) is 31.2. The first-order valence-electron chi connectivity index (χ1n) is 19.6. The molecule has 2 nitrogen and oxygen atoms in total. The summed E-state index contributed by atoms with van der Waals surface area (Å²) < 4.78 is 0. The van der Waals surface area contributed by atoms with Crippen molar-refractivity contribution in [3.8, 4) is 56.2 Å². The summed E-state index contributed by atoms with van der Waals surface area (Å²) in [6, 6.07) is 78.7. The lowest BCUT2D eigenvalue weighted by atomic mass is 9.67. The number of hydrogen-bond acceptors (Lipinski definition) is 2. The van der Waals surface area contributed by atoms with E-state index in [-0.39, 0.29) is 0 Å². The molecule has 11 rings (SSSR count). The number of nitrogens with zero attached hydrogens (tertiary/aromatic N) is 2. The highest BCUT2D eigenvalue weighted by Crippen LogP contribution is 2.58. The Bertz CT molecular complexity index is 3070. The highest BCUT2D eigenvalue weighted by molar-refractivity contribution is 6.08. The van der Waals surface area contributed by atoms with Crippen LogP contribution in [0.5, 0.6) is 0 Å². The summed E-state index contributed by atoms with van der Waals surface area (Å²) in [5.41, 5.74) is 14.6. The minimum Gasteiger partial charge on any atom is -0.228 e. The van der Waals surface area contributed by atoms with Crippen molar-refractivity contribution >= 4 is 21.5 Å². The van der Waals surface area contributed by atoms with Gasteiger partial charge >= 0.3 is 0 Å². The third-order valence-corrected chi connectivity index (χ3v) is 11.8. The number of hydrogen-bond donors (Lipinski definition) is 0. The van der Waals surface area contributed by atoms with E-state index in [1.54, 1.807) is 0 Å². The summed E-state index contributed by atoms with van der Waals surface area (Å²) in [4.78, 5) is 10.7. The Hall–Kier alpha value is -7.42. The smallest absolute Gasteiger partial charge is 0.161 e. The van der Waals surface area contributed by atoms with Crippen LogP contribution < -0.4 is 0 Å². The molecule has 0 bridgehead atoms. The highest BCUT2D eigenvalue weighted by atomic mass is 14.9. The van der Waals surface area contributed by atoms with Gasteiger partial charge in [0.05, 0.1) is 16.8 Å². The van der Waals surface area contributed by atoms with Gasteiger partial charge in [0.2, 0.25) is 0 Å². The maximum absolute atomic E-state index is 5.36. The van der Waals surface area contributed by atoms with Crippen LogP contribution in [0.25, 0.3) is 77.7 Å². The molecule has 57 heavy (non-hydrogen) atoms. The van der Waals surface area contributed by atoms with Crippen molar-refractivity contribution in [2.24, 2.45) is 0 Å². The first-order valence-corrected chi connectivity index (χ1v) is 19.6. The molecule has 2 heteroatoms. The van der Waals surface area contributed by atoms with Gasteiger partial charge in [-0.05, 0) is 78.2 Å². The van der Waals surface area contributed by atoms with E-state index >= 15 is 0 Å². The van der Waals surface area contributed by atoms with Gasteiger partial charge in [0, 0.05) is 16.7 Å². The molecule has 10 aromatic rings. The zero-order valence-corrected chi connectivity index (χ0v) is 31.2. The molecule has 0 saturated carbocycles. The predicted octanol–water partition coefficient (Wildman–Crippen LogP) is 13.8. The molecule has 0 fully saturated rings. The van der Waals surface area contributed by atoms with Crippen LogP contribution in [-0.4, -0.2) is 9.97 Å². The molecule has 1 aliphatic rings. The monoisotopic (exact) mass is 724 g/mol.